The molecule has 0 radical (unpaired) electrons. The molecule has 0 spiro atoms. The van der Waals surface area contributed by atoms with Crippen LogP contribution in [-0.2, 0) is 11.3 Å². The number of carbonyl (C=O) groups is 1. The van der Waals surface area contributed by atoms with Crippen molar-refractivity contribution in [2.75, 3.05) is 0 Å². The Hall–Kier alpha value is -1.91. The smallest absolute Gasteiger partial charge is 0.266 e. The third kappa shape index (κ3) is 4.05. The van der Waals surface area contributed by atoms with Gasteiger partial charge in [0.2, 0.25) is 6.54 Å². The van der Waals surface area contributed by atoms with E-state index in [2.05, 4.69) is 10.5 Å². The molecule has 0 atom stereocenters. The van der Waals surface area contributed by atoms with Crippen molar-refractivity contribution in [1.82, 2.24) is 5.43 Å². The quantitative estimate of drug-likeness (QED) is 0.526. The molecule has 0 aliphatic rings. The van der Waals surface area contributed by atoms with E-state index >= 15 is 0 Å². The fraction of sp³-hybridized carbons (Fsp3) is 0.0714. The molecule has 6 heteroatoms. The van der Waals surface area contributed by atoms with Gasteiger partial charge in [0.25, 0.3) is 0 Å². The van der Waals surface area contributed by atoms with Gasteiger partial charge in [-0.2, -0.15) is 9.67 Å². The van der Waals surface area contributed by atoms with Crippen LogP contribution >= 0.6 is 23.2 Å². The van der Waals surface area contributed by atoms with Crippen LogP contribution in [0.2, 0.25) is 10.0 Å². The molecule has 1 N–H and O–H groups in total. The average molecular weight is 309 g/mol. The molecular formula is C14H12Cl2N3O+. The van der Waals surface area contributed by atoms with E-state index in [4.69, 9.17) is 23.2 Å². The summed E-state index contributed by atoms with van der Waals surface area (Å²) in [5.74, 6) is -0.236. The van der Waals surface area contributed by atoms with Gasteiger partial charge in [0.15, 0.2) is 12.4 Å². The second-order valence-electron chi connectivity index (χ2n) is 3.98. The largest absolute Gasteiger partial charge is 0.305 e. The third-order valence-corrected chi connectivity index (χ3v) is 3.15. The first-order valence-electron chi connectivity index (χ1n) is 5.87. The number of hydrogen-bond acceptors (Lipinski definition) is 2. The van der Waals surface area contributed by atoms with E-state index < -0.39 is 0 Å². The van der Waals surface area contributed by atoms with E-state index in [0.29, 0.717) is 15.6 Å². The van der Waals surface area contributed by atoms with Gasteiger partial charge < -0.3 is 0 Å². The zero-order valence-electron chi connectivity index (χ0n) is 10.5. The zero-order valence-corrected chi connectivity index (χ0v) is 12.0. The normalized spacial score (nSPS) is 10.7. The first-order valence-corrected chi connectivity index (χ1v) is 6.62. The number of rotatable bonds is 4. The fourth-order valence-electron chi connectivity index (χ4n) is 1.54. The first kappa shape index (κ1) is 14.5. The van der Waals surface area contributed by atoms with Crippen LogP contribution < -0.4 is 9.99 Å². The highest BCUT2D eigenvalue weighted by Crippen LogP contribution is 2.21. The van der Waals surface area contributed by atoms with Crippen LogP contribution in [-0.4, -0.2) is 12.1 Å². The van der Waals surface area contributed by atoms with Gasteiger partial charge in [-0.3, -0.25) is 4.79 Å². The van der Waals surface area contributed by atoms with Crippen molar-refractivity contribution < 1.29 is 9.36 Å². The summed E-state index contributed by atoms with van der Waals surface area (Å²) in [6, 6.07) is 10.7. The molecule has 0 aliphatic heterocycles. The number of hydrogen-bond donors (Lipinski definition) is 1. The number of carbonyl (C=O) groups excluding carboxylic acids is 1. The molecule has 1 heterocycles. The number of hydrazone groups is 1. The third-order valence-electron chi connectivity index (χ3n) is 2.49. The van der Waals surface area contributed by atoms with Crippen molar-refractivity contribution in [3.63, 3.8) is 0 Å². The summed E-state index contributed by atoms with van der Waals surface area (Å²) in [5, 5.41) is 4.81. The fourth-order valence-corrected chi connectivity index (χ4v) is 2.04. The van der Waals surface area contributed by atoms with Gasteiger partial charge in [0.05, 0.1) is 16.3 Å². The van der Waals surface area contributed by atoms with Crippen LogP contribution in [0.15, 0.2) is 53.9 Å². The number of nitrogens with one attached hydrogen (secondary N) is 1. The topological polar surface area (TPSA) is 45.3 Å². The highest BCUT2D eigenvalue weighted by molar-refractivity contribution is 6.38. The summed E-state index contributed by atoms with van der Waals surface area (Å²) in [6.07, 6.45) is 5.03. The average Bonchev–Trinajstić information content (AvgIpc) is 2.43. The van der Waals surface area contributed by atoms with Gasteiger partial charge in [-0.15, -0.1) is 0 Å². The first-order chi connectivity index (χ1) is 9.66. The lowest BCUT2D eigenvalue weighted by molar-refractivity contribution is -0.684. The molecule has 1 aromatic heterocycles. The van der Waals surface area contributed by atoms with Gasteiger partial charge in [-0.25, -0.2) is 5.43 Å². The Morgan fingerprint density at radius 2 is 1.80 bits per heavy atom. The lowest BCUT2D eigenvalue weighted by Crippen LogP contribution is -2.40. The van der Waals surface area contributed by atoms with Crippen LogP contribution in [0.5, 0.6) is 0 Å². The van der Waals surface area contributed by atoms with E-state index in [0.717, 1.165) is 0 Å². The molecule has 0 fully saturated rings. The molecule has 20 heavy (non-hydrogen) atoms. The van der Waals surface area contributed by atoms with E-state index in [-0.39, 0.29) is 12.5 Å². The molecule has 0 unspecified atom stereocenters. The predicted octanol–water partition coefficient (Wildman–Crippen LogP) is 2.43. The number of pyridine rings is 1. The van der Waals surface area contributed by atoms with Crippen molar-refractivity contribution in [2.45, 2.75) is 6.54 Å². The second-order valence-corrected chi connectivity index (χ2v) is 4.79. The Morgan fingerprint density at radius 3 is 2.45 bits per heavy atom. The highest BCUT2D eigenvalue weighted by Gasteiger charge is 2.07. The van der Waals surface area contributed by atoms with Gasteiger partial charge in [-0.1, -0.05) is 35.3 Å². The van der Waals surface area contributed by atoms with E-state index in [1.807, 2.05) is 18.2 Å². The van der Waals surface area contributed by atoms with Crippen molar-refractivity contribution in [1.29, 1.82) is 0 Å². The summed E-state index contributed by atoms with van der Waals surface area (Å²) in [4.78, 5) is 11.7. The minimum Gasteiger partial charge on any atom is -0.266 e. The van der Waals surface area contributed by atoms with E-state index in [9.17, 15) is 4.79 Å². The Kier molecular flexibility index (Phi) is 5.09. The summed E-state index contributed by atoms with van der Waals surface area (Å²) in [7, 11) is 0. The summed E-state index contributed by atoms with van der Waals surface area (Å²) in [6.45, 7) is 0.189. The van der Waals surface area contributed by atoms with Crippen LogP contribution in [0.4, 0.5) is 0 Å². The maximum atomic E-state index is 11.7. The number of benzene rings is 1. The molecule has 0 saturated carbocycles. The number of amides is 1. The van der Waals surface area contributed by atoms with Crippen molar-refractivity contribution in [3.05, 3.63) is 64.4 Å². The molecule has 2 rings (SSSR count). The van der Waals surface area contributed by atoms with Gasteiger partial charge >= 0.3 is 5.91 Å². The Balaban J connectivity index is 1.95. The molecule has 0 saturated heterocycles. The van der Waals surface area contributed by atoms with E-state index in [1.165, 1.54) is 6.21 Å². The maximum Gasteiger partial charge on any atom is 0.305 e. The van der Waals surface area contributed by atoms with Crippen LogP contribution in [0.1, 0.15) is 5.56 Å². The minimum atomic E-state index is -0.236. The summed E-state index contributed by atoms with van der Waals surface area (Å²) in [5.41, 5.74) is 3.00. The Labute approximate surface area is 126 Å². The molecule has 4 nitrogen and oxygen atoms in total. The molecule has 0 bridgehead atoms. The number of nitrogens with zero attached hydrogens (tertiary/aromatic N) is 2. The molecule has 0 aliphatic carbocycles. The standard InChI is InChI=1S/C14H11Cl2N3O/c15-12-5-4-6-13(16)11(12)9-17-18-14(20)10-19-7-2-1-3-8-19/h1-9H,10H2/p+1/b17-9+. The Bertz CT molecular complexity index is 609. The lowest BCUT2D eigenvalue weighted by Gasteiger charge is -2.00. The molecule has 2 aromatic rings. The molecule has 102 valence electrons. The maximum absolute atomic E-state index is 11.7. The van der Waals surface area contributed by atoms with Gasteiger partial charge in [0, 0.05) is 17.7 Å². The van der Waals surface area contributed by atoms with Crippen LogP contribution in [0, 0.1) is 0 Å². The number of halogens is 2. The predicted molar refractivity (Wildman–Crippen MR) is 78.8 cm³/mol. The number of aromatic nitrogens is 1. The molecular weight excluding hydrogens is 297 g/mol. The monoisotopic (exact) mass is 308 g/mol. The molecule has 1 aromatic carbocycles. The van der Waals surface area contributed by atoms with E-state index in [1.54, 1.807) is 35.2 Å². The van der Waals surface area contributed by atoms with Gasteiger partial charge in [-0.05, 0) is 12.1 Å². The van der Waals surface area contributed by atoms with Crippen molar-refractivity contribution in [3.8, 4) is 0 Å². The second kappa shape index (κ2) is 7.03. The van der Waals surface area contributed by atoms with Crippen molar-refractivity contribution >= 4 is 35.3 Å². The highest BCUT2D eigenvalue weighted by atomic mass is 35.5. The summed E-state index contributed by atoms with van der Waals surface area (Å²) >= 11 is 12.0. The lowest BCUT2D eigenvalue weighted by atomic mass is 10.2. The van der Waals surface area contributed by atoms with Crippen molar-refractivity contribution in [2.24, 2.45) is 5.10 Å². The molecule has 1 amide bonds. The van der Waals surface area contributed by atoms with Crippen LogP contribution in [0.25, 0.3) is 0 Å². The zero-order chi connectivity index (χ0) is 14.4. The van der Waals surface area contributed by atoms with Crippen LogP contribution in [0.3, 0.4) is 0 Å². The van der Waals surface area contributed by atoms with Gasteiger partial charge in [0.1, 0.15) is 0 Å². The Morgan fingerprint density at radius 1 is 1.15 bits per heavy atom. The minimum absolute atomic E-state index is 0.189. The SMILES string of the molecule is O=C(C[n+]1ccccc1)N/N=C/c1c(Cl)cccc1Cl. The summed E-state index contributed by atoms with van der Waals surface area (Å²) < 4.78 is 1.74.